The van der Waals surface area contributed by atoms with E-state index in [0.717, 1.165) is 40.4 Å². The van der Waals surface area contributed by atoms with Crippen molar-refractivity contribution in [2.24, 2.45) is 0 Å². The molecule has 0 radical (unpaired) electrons. The lowest BCUT2D eigenvalue weighted by Gasteiger charge is -2.12. The number of hydrogen-bond acceptors (Lipinski definition) is 3. The van der Waals surface area contributed by atoms with E-state index in [4.69, 9.17) is 0 Å². The molecule has 5 nitrogen and oxygen atoms in total. The molecular weight excluding hydrogens is 346 g/mol. The topological polar surface area (TPSA) is 47.1 Å². The molecular formula is C23H21N5. The second kappa shape index (κ2) is 6.53. The van der Waals surface area contributed by atoms with Crippen LogP contribution in [0.25, 0.3) is 16.7 Å². The number of anilines is 2. The smallest absolute Gasteiger partial charge is 0.185 e. The van der Waals surface area contributed by atoms with Gasteiger partial charge in [-0.1, -0.05) is 48.5 Å². The molecule has 3 heterocycles. The molecule has 0 amide bonds. The van der Waals surface area contributed by atoms with Crippen LogP contribution >= 0.6 is 0 Å². The minimum Gasteiger partial charge on any atom is -0.352 e. The molecule has 0 saturated heterocycles. The average Bonchev–Trinajstić information content (AvgIpc) is 3.25. The highest BCUT2D eigenvalue weighted by Gasteiger charge is 2.16. The van der Waals surface area contributed by atoms with E-state index < -0.39 is 0 Å². The van der Waals surface area contributed by atoms with Gasteiger partial charge >= 0.3 is 0 Å². The molecule has 28 heavy (non-hydrogen) atoms. The fraction of sp³-hybridized carbons (Fsp3) is 0.130. The largest absolute Gasteiger partial charge is 0.352 e. The SMILES string of the molecule is Cc1cc2c(cc(Nc3ccccc3)c3nnc(C)n32)n1Cc1ccccc1. The van der Waals surface area contributed by atoms with Gasteiger partial charge in [0.2, 0.25) is 0 Å². The van der Waals surface area contributed by atoms with Crippen LogP contribution < -0.4 is 5.32 Å². The molecule has 5 heteroatoms. The molecule has 0 spiro atoms. The maximum atomic E-state index is 4.43. The van der Waals surface area contributed by atoms with Crippen molar-refractivity contribution < 1.29 is 0 Å². The number of nitrogens with zero attached hydrogens (tertiary/aromatic N) is 4. The first-order chi connectivity index (χ1) is 13.7. The third kappa shape index (κ3) is 2.72. The Hall–Kier alpha value is -3.60. The maximum absolute atomic E-state index is 4.43. The van der Waals surface area contributed by atoms with E-state index in [1.807, 2.05) is 25.1 Å². The van der Waals surface area contributed by atoms with E-state index in [2.05, 4.69) is 86.0 Å². The minimum atomic E-state index is 0.827. The van der Waals surface area contributed by atoms with E-state index in [1.54, 1.807) is 0 Å². The number of aromatic nitrogens is 4. The summed E-state index contributed by atoms with van der Waals surface area (Å²) in [4.78, 5) is 0. The molecule has 0 aliphatic carbocycles. The highest BCUT2D eigenvalue weighted by Crippen LogP contribution is 2.30. The highest BCUT2D eigenvalue weighted by molar-refractivity contribution is 5.89. The van der Waals surface area contributed by atoms with Crippen molar-refractivity contribution in [2.75, 3.05) is 5.32 Å². The Kier molecular flexibility index (Phi) is 3.86. The molecule has 5 aromatic rings. The lowest BCUT2D eigenvalue weighted by Crippen LogP contribution is -2.03. The Morgan fingerprint density at radius 2 is 1.54 bits per heavy atom. The number of hydrogen-bond donors (Lipinski definition) is 1. The summed E-state index contributed by atoms with van der Waals surface area (Å²) in [5.41, 5.74) is 7.60. The van der Waals surface area contributed by atoms with Crippen molar-refractivity contribution >= 4 is 28.1 Å². The van der Waals surface area contributed by atoms with Crippen LogP contribution in [0.15, 0.2) is 72.8 Å². The van der Waals surface area contributed by atoms with Gasteiger partial charge in [0.1, 0.15) is 5.82 Å². The summed E-state index contributed by atoms with van der Waals surface area (Å²) in [6, 6.07) is 25.1. The first-order valence-electron chi connectivity index (χ1n) is 9.41. The van der Waals surface area contributed by atoms with Crippen molar-refractivity contribution in [3.05, 3.63) is 89.9 Å². The zero-order valence-corrected chi connectivity index (χ0v) is 15.9. The molecule has 0 bridgehead atoms. The van der Waals surface area contributed by atoms with Gasteiger partial charge in [0, 0.05) is 17.9 Å². The van der Waals surface area contributed by atoms with Crippen molar-refractivity contribution in [2.45, 2.75) is 20.4 Å². The molecule has 0 fully saturated rings. The Labute approximate surface area is 163 Å². The summed E-state index contributed by atoms with van der Waals surface area (Å²) in [6.45, 7) is 4.97. The Bertz CT molecular complexity index is 1270. The van der Waals surface area contributed by atoms with Crippen LogP contribution in [0.1, 0.15) is 17.1 Å². The maximum Gasteiger partial charge on any atom is 0.185 e. The molecule has 0 unspecified atom stereocenters. The molecule has 138 valence electrons. The van der Waals surface area contributed by atoms with Gasteiger partial charge in [-0.05, 0) is 43.7 Å². The predicted octanol–water partition coefficient (Wildman–Crippen LogP) is 5.09. The van der Waals surface area contributed by atoms with E-state index in [1.165, 1.54) is 11.3 Å². The average molecular weight is 367 g/mol. The van der Waals surface area contributed by atoms with E-state index in [9.17, 15) is 0 Å². The number of pyridine rings is 1. The molecule has 0 atom stereocenters. The third-order valence-corrected chi connectivity index (χ3v) is 5.15. The highest BCUT2D eigenvalue weighted by atomic mass is 15.3. The van der Waals surface area contributed by atoms with Crippen molar-refractivity contribution in [1.82, 2.24) is 19.2 Å². The summed E-state index contributed by atoms with van der Waals surface area (Å²) in [5, 5.41) is 12.3. The Morgan fingerprint density at radius 1 is 0.821 bits per heavy atom. The van der Waals surface area contributed by atoms with E-state index in [-0.39, 0.29) is 0 Å². The number of benzene rings is 2. The lowest BCUT2D eigenvalue weighted by atomic mass is 10.2. The lowest BCUT2D eigenvalue weighted by molar-refractivity contribution is 0.805. The first kappa shape index (κ1) is 16.6. The molecule has 2 aromatic carbocycles. The summed E-state index contributed by atoms with van der Waals surface area (Å²) in [5.74, 6) is 0.883. The van der Waals surface area contributed by atoms with Crippen LogP contribution in [-0.4, -0.2) is 19.2 Å². The first-order valence-corrected chi connectivity index (χ1v) is 9.41. The Morgan fingerprint density at radius 3 is 2.29 bits per heavy atom. The second-order valence-corrected chi connectivity index (χ2v) is 7.08. The van der Waals surface area contributed by atoms with Crippen molar-refractivity contribution in [3.8, 4) is 0 Å². The van der Waals surface area contributed by atoms with Gasteiger partial charge in [0.05, 0.1) is 16.7 Å². The summed E-state index contributed by atoms with van der Waals surface area (Å²) in [7, 11) is 0. The zero-order chi connectivity index (χ0) is 19.1. The fourth-order valence-corrected chi connectivity index (χ4v) is 3.78. The minimum absolute atomic E-state index is 0.827. The predicted molar refractivity (Wildman–Crippen MR) is 113 cm³/mol. The number of fused-ring (bicyclic) bond motifs is 3. The van der Waals surface area contributed by atoms with Gasteiger partial charge < -0.3 is 9.88 Å². The normalized spacial score (nSPS) is 11.4. The number of rotatable bonds is 4. The molecule has 1 N–H and O–H groups in total. The van der Waals surface area contributed by atoms with Crippen LogP contribution in [0.3, 0.4) is 0 Å². The molecule has 0 aliphatic heterocycles. The van der Waals surface area contributed by atoms with Gasteiger partial charge in [0.25, 0.3) is 0 Å². The van der Waals surface area contributed by atoms with E-state index in [0.29, 0.717) is 0 Å². The standard InChI is InChI=1S/C23H21N5/c1-16-13-22-21(27(16)15-18-9-5-3-6-10-18)14-20(23-26-25-17(2)28(22)23)24-19-11-7-4-8-12-19/h3-14,24H,15H2,1-2H3. The number of nitrogens with one attached hydrogen (secondary N) is 1. The second-order valence-electron chi connectivity index (χ2n) is 7.08. The van der Waals surface area contributed by atoms with Gasteiger partial charge in [0.15, 0.2) is 5.65 Å². The van der Waals surface area contributed by atoms with Crippen LogP contribution in [-0.2, 0) is 6.54 Å². The van der Waals surface area contributed by atoms with Gasteiger partial charge in [-0.15, -0.1) is 10.2 Å². The van der Waals surface area contributed by atoms with Crippen LogP contribution in [0.2, 0.25) is 0 Å². The van der Waals surface area contributed by atoms with Crippen LogP contribution in [0.4, 0.5) is 11.4 Å². The number of aryl methyl sites for hydroxylation is 2. The van der Waals surface area contributed by atoms with Gasteiger partial charge in [-0.25, -0.2) is 0 Å². The van der Waals surface area contributed by atoms with Crippen molar-refractivity contribution in [1.29, 1.82) is 0 Å². The Balaban J connectivity index is 1.72. The summed E-state index contributed by atoms with van der Waals surface area (Å²) in [6.07, 6.45) is 0. The molecule has 5 rings (SSSR count). The number of para-hydroxylation sites is 1. The summed E-state index contributed by atoms with van der Waals surface area (Å²) >= 11 is 0. The third-order valence-electron chi connectivity index (χ3n) is 5.15. The summed E-state index contributed by atoms with van der Waals surface area (Å²) < 4.78 is 4.48. The fourth-order valence-electron chi connectivity index (χ4n) is 3.78. The quantitative estimate of drug-likeness (QED) is 0.481. The zero-order valence-electron chi connectivity index (χ0n) is 15.9. The molecule has 0 saturated carbocycles. The van der Waals surface area contributed by atoms with Gasteiger partial charge in [-0.3, -0.25) is 4.40 Å². The molecule has 3 aromatic heterocycles. The van der Waals surface area contributed by atoms with Gasteiger partial charge in [-0.2, -0.15) is 0 Å². The van der Waals surface area contributed by atoms with Crippen LogP contribution in [0, 0.1) is 13.8 Å². The van der Waals surface area contributed by atoms with Crippen molar-refractivity contribution in [3.63, 3.8) is 0 Å². The van der Waals surface area contributed by atoms with Crippen LogP contribution in [0.5, 0.6) is 0 Å². The van der Waals surface area contributed by atoms with E-state index >= 15 is 0 Å². The monoisotopic (exact) mass is 367 g/mol. The molecule has 0 aliphatic rings.